The predicted octanol–water partition coefficient (Wildman–Crippen LogP) is 2.23. The van der Waals surface area contributed by atoms with Gasteiger partial charge in [-0.2, -0.15) is 0 Å². The first-order valence-corrected chi connectivity index (χ1v) is 6.97. The van der Waals surface area contributed by atoms with Crippen molar-refractivity contribution in [3.05, 3.63) is 28.2 Å². The van der Waals surface area contributed by atoms with E-state index in [1.807, 2.05) is 0 Å². The zero-order valence-electron chi connectivity index (χ0n) is 10.6. The van der Waals surface area contributed by atoms with Crippen LogP contribution < -0.4 is 10.6 Å². The van der Waals surface area contributed by atoms with E-state index < -0.39 is 11.8 Å². The molecular formula is C13H14Cl2N2O3. The largest absolute Gasteiger partial charge is 0.376 e. The molecule has 1 atom stereocenters. The summed E-state index contributed by atoms with van der Waals surface area (Å²) in [7, 11) is 0. The molecule has 1 fully saturated rings. The summed E-state index contributed by atoms with van der Waals surface area (Å²) in [6.07, 6.45) is 1.88. The van der Waals surface area contributed by atoms with Crippen LogP contribution >= 0.6 is 23.2 Å². The highest BCUT2D eigenvalue weighted by Crippen LogP contribution is 2.24. The number of ether oxygens (including phenoxy) is 1. The van der Waals surface area contributed by atoms with Crippen molar-refractivity contribution in [3.63, 3.8) is 0 Å². The average Bonchev–Trinajstić information content (AvgIpc) is 2.93. The summed E-state index contributed by atoms with van der Waals surface area (Å²) < 4.78 is 5.35. The Bertz CT molecular complexity index is 516. The molecule has 1 saturated heterocycles. The molecule has 1 aromatic carbocycles. The van der Waals surface area contributed by atoms with Crippen molar-refractivity contribution in [1.29, 1.82) is 0 Å². The molecule has 0 saturated carbocycles. The van der Waals surface area contributed by atoms with Gasteiger partial charge in [0.05, 0.1) is 16.1 Å². The first-order valence-electron chi connectivity index (χ1n) is 6.22. The van der Waals surface area contributed by atoms with Crippen LogP contribution in [-0.2, 0) is 14.3 Å². The van der Waals surface area contributed by atoms with Gasteiger partial charge in [-0.3, -0.25) is 9.59 Å². The quantitative estimate of drug-likeness (QED) is 0.840. The molecule has 0 spiro atoms. The fourth-order valence-electron chi connectivity index (χ4n) is 1.85. The molecule has 2 rings (SSSR count). The lowest BCUT2D eigenvalue weighted by Gasteiger charge is -2.11. The van der Waals surface area contributed by atoms with Crippen molar-refractivity contribution in [3.8, 4) is 0 Å². The minimum Gasteiger partial charge on any atom is -0.376 e. The first kappa shape index (κ1) is 15.1. The molecule has 1 aliphatic heterocycles. The van der Waals surface area contributed by atoms with Crippen molar-refractivity contribution >= 4 is 40.7 Å². The summed E-state index contributed by atoms with van der Waals surface area (Å²) in [4.78, 5) is 23.3. The van der Waals surface area contributed by atoms with Crippen molar-refractivity contribution in [2.75, 3.05) is 18.5 Å². The Kier molecular flexibility index (Phi) is 5.23. The lowest BCUT2D eigenvalue weighted by molar-refractivity contribution is -0.136. The van der Waals surface area contributed by atoms with Crippen LogP contribution in [-0.4, -0.2) is 31.1 Å². The lowest BCUT2D eigenvalue weighted by Crippen LogP contribution is -2.39. The fourth-order valence-corrected chi connectivity index (χ4v) is 2.15. The van der Waals surface area contributed by atoms with Gasteiger partial charge in [-0.15, -0.1) is 0 Å². The standard InChI is InChI=1S/C13H14Cl2N2O3/c14-10-4-3-8(6-11(10)15)17-13(19)12(18)16-7-9-2-1-5-20-9/h3-4,6,9H,1-2,5,7H2,(H,16,18)(H,17,19). The van der Waals surface area contributed by atoms with Gasteiger partial charge in [0.25, 0.3) is 0 Å². The molecule has 108 valence electrons. The molecule has 1 heterocycles. The van der Waals surface area contributed by atoms with Crippen LogP contribution in [0.15, 0.2) is 18.2 Å². The van der Waals surface area contributed by atoms with Crippen molar-refractivity contribution in [1.82, 2.24) is 5.32 Å². The molecule has 1 aromatic rings. The number of carbonyl (C=O) groups is 2. The highest BCUT2D eigenvalue weighted by molar-refractivity contribution is 6.42. The number of halogens is 2. The molecule has 2 N–H and O–H groups in total. The molecule has 7 heteroatoms. The maximum absolute atomic E-state index is 11.7. The summed E-state index contributed by atoms with van der Waals surface area (Å²) in [5.41, 5.74) is 0.414. The van der Waals surface area contributed by atoms with Gasteiger partial charge >= 0.3 is 11.8 Å². The molecule has 0 aromatic heterocycles. The van der Waals surface area contributed by atoms with Crippen LogP contribution in [0.4, 0.5) is 5.69 Å². The van der Waals surface area contributed by atoms with E-state index in [-0.39, 0.29) is 6.10 Å². The fraction of sp³-hybridized carbons (Fsp3) is 0.385. The normalized spacial score (nSPS) is 17.8. The highest BCUT2D eigenvalue weighted by Gasteiger charge is 2.19. The Labute approximate surface area is 126 Å². The minimum atomic E-state index is -0.749. The molecule has 1 aliphatic rings. The Morgan fingerprint density at radius 1 is 1.25 bits per heavy atom. The number of rotatable bonds is 3. The van der Waals surface area contributed by atoms with Crippen LogP contribution in [0.2, 0.25) is 10.0 Å². The summed E-state index contributed by atoms with van der Waals surface area (Å²) in [6.45, 7) is 1.05. The van der Waals surface area contributed by atoms with E-state index in [0.717, 1.165) is 12.8 Å². The Hall–Kier alpha value is -1.30. The van der Waals surface area contributed by atoms with Crippen LogP contribution in [0.1, 0.15) is 12.8 Å². The number of hydrogen-bond donors (Lipinski definition) is 2. The third-order valence-corrected chi connectivity index (χ3v) is 3.64. The lowest BCUT2D eigenvalue weighted by atomic mass is 10.2. The first-order chi connectivity index (χ1) is 9.56. The van der Waals surface area contributed by atoms with E-state index in [4.69, 9.17) is 27.9 Å². The third kappa shape index (κ3) is 4.10. The number of nitrogens with one attached hydrogen (secondary N) is 2. The zero-order valence-corrected chi connectivity index (χ0v) is 12.1. The van der Waals surface area contributed by atoms with Crippen LogP contribution in [0.3, 0.4) is 0 Å². The number of anilines is 1. The van der Waals surface area contributed by atoms with Crippen LogP contribution in [0.25, 0.3) is 0 Å². The number of benzene rings is 1. The summed E-state index contributed by atoms with van der Waals surface area (Å²) >= 11 is 11.6. The second-order valence-corrected chi connectivity index (χ2v) is 5.24. The van der Waals surface area contributed by atoms with E-state index in [2.05, 4.69) is 10.6 Å². The molecule has 1 unspecified atom stereocenters. The topological polar surface area (TPSA) is 67.4 Å². The van der Waals surface area contributed by atoms with Crippen molar-refractivity contribution < 1.29 is 14.3 Å². The van der Waals surface area contributed by atoms with E-state index in [9.17, 15) is 9.59 Å². The molecular weight excluding hydrogens is 303 g/mol. The van der Waals surface area contributed by atoms with Gasteiger partial charge in [0.2, 0.25) is 0 Å². The van der Waals surface area contributed by atoms with E-state index >= 15 is 0 Å². The van der Waals surface area contributed by atoms with Crippen LogP contribution in [0.5, 0.6) is 0 Å². The van der Waals surface area contributed by atoms with Gasteiger partial charge in [-0.25, -0.2) is 0 Å². The summed E-state index contributed by atoms with van der Waals surface area (Å²) in [6, 6.07) is 4.60. The summed E-state index contributed by atoms with van der Waals surface area (Å²) in [5.74, 6) is -1.45. The van der Waals surface area contributed by atoms with E-state index in [0.29, 0.717) is 28.9 Å². The Balaban J connectivity index is 1.83. The zero-order chi connectivity index (χ0) is 14.5. The maximum Gasteiger partial charge on any atom is 0.313 e. The summed E-state index contributed by atoms with van der Waals surface area (Å²) in [5, 5.41) is 5.68. The average molecular weight is 317 g/mol. The van der Waals surface area contributed by atoms with Gasteiger partial charge in [0, 0.05) is 18.8 Å². The molecule has 0 aliphatic carbocycles. The Morgan fingerprint density at radius 3 is 2.70 bits per heavy atom. The number of hydrogen-bond acceptors (Lipinski definition) is 3. The molecule has 2 amide bonds. The van der Waals surface area contributed by atoms with Gasteiger partial charge in [-0.1, -0.05) is 23.2 Å². The van der Waals surface area contributed by atoms with E-state index in [1.54, 1.807) is 12.1 Å². The molecule has 0 radical (unpaired) electrons. The van der Waals surface area contributed by atoms with Gasteiger partial charge in [-0.05, 0) is 31.0 Å². The minimum absolute atomic E-state index is 0.00303. The van der Waals surface area contributed by atoms with E-state index in [1.165, 1.54) is 6.07 Å². The molecule has 20 heavy (non-hydrogen) atoms. The molecule has 5 nitrogen and oxygen atoms in total. The molecule has 0 bridgehead atoms. The van der Waals surface area contributed by atoms with Gasteiger partial charge in [0.15, 0.2) is 0 Å². The smallest absolute Gasteiger partial charge is 0.313 e. The Morgan fingerprint density at radius 2 is 2.05 bits per heavy atom. The number of carbonyl (C=O) groups excluding carboxylic acids is 2. The van der Waals surface area contributed by atoms with Crippen molar-refractivity contribution in [2.45, 2.75) is 18.9 Å². The highest BCUT2D eigenvalue weighted by atomic mass is 35.5. The second kappa shape index (κ2) is 6.92. The monoisotopic (exact) mass is 316 g/mol. The third-order valence-electron chi connectivity index (χ3n) is 2.90. The van der Waals surface area contributed by atoms with Gasteiger partial charge < -0.3 is 15.4 Å². The maximum atomic E-state index is 11.7. The predicted molar refractivity (Wildman–Crippen MR) is 77.1 cm³/mol. The van der Waals surface area contributed by atoms with Crippen LogP contribution in [0, 0.1) is 0 Å². The number of amides is 2. The van der Waals surface area contributed by atoms with Gasteiger partial charge in [0.1, 0.15) is 0 Å². The van der Waals surface area contributed by atoms with Crippen molar-refractivity contribution in [2.24, 2.45) is 0 Å². The second-order valence-electron chi connectivity index (χ2n) is 4.43. The SMILES string of the molecule is O=C(NCC1CCCO1)C(=O)Nc1ccc(Cl)c(Cl)c1.